The number of aliphatic hydroxyl groups is 1. The fraction of sp³-hybridized carbons (Fsp3) is 0.600. The summed E-state index contributed by atoms with van der Waals surface area (Å²) >= 11 is 6.24. The lowest BCUT2D eigenvalue weighted by Gasteiger charge is -2.36. The maximum Gasteiger partial charge on any atom is 0.0713 e. The van der Waals surface area contributed by atoms with Crippen molar-refractivity contribution in [2.45, 2.75) is 50.7 Å². The molecule has 0 saturated heterocycles. The third kappa shape index (κ3) is 3.25. The van der Waals surface area contributed by atoms with Gasteiger partial charge in [-0.2, -0.15) is 0 Å². The van der Waals surface area contributed by atoms with Crippen LogP contribution in [0.25, 0.3) is 0 Å². The van der Waals surface area contributed by atoms with Gasteiger partial charge in [0.1, 0.15) is 0 Å². The van der Waals surface area contributed by atoms with Crippen molar-refractivity contribution in [3.05, 3.63) is 34.3 Å². The van der Waals surface area contributed by atoms with Crippen molar-refractivity contribution in [2.75, 3.05) is 7.11 Å². The molecule has 1 fully saturated rings. The lowest BCUT2D eigenvalue weighted by molar-refractivity contribution is -0.0581. The minimum atomic E-state index is -0.669. The Bertz CT molecular complexity index is 419. The molecule has 0 radical (unpaired) electrons. The van der Waals surface area contributed by atoms with Crippen molar-refractivity contribution < 1.29 is 9.84 Å². The standard InChI is InChI=1S/C15H21ClO2/c1-11-5-6-12(14(16)8-11)9-15(17)7-3-4-13(10-15)18-2/h5-6,8,13,17H,3-4,7,9-10H2,1-2H3. The van der Waals surface area contributed by atoms with E-state index in [0.29, 0.717) is 12.8 Å². The molecule has 0 bridgehead atoms. The third-order valence-corrected chi connectivity index (χ3v) is 4.19. The van der Waals surface area contributed by atoms with Crippen LogP contribution in [0.4, 0.5) is 0 Å². The van der Waals surface area contributed by atoms with Crippen LogP contribution in [-0.4, -0.2) is 23.9 Å². The van der Waals surface area contributed by atoms with E-state index in [1.165, 1.54) is 0 Å². The average molecular weight is 269 g/mol. The maximum absolute atomic E-state index is 10.7. The molecule has 2 rings (SSSR count). The largest absolute Gasteiger partial charge is 0.389 e. The van der Waals surface area contributed by atoms with Gasteiger partial charge in [-0.15, -0.1) is 0 Å². The van der Waals surface area contributed by atoms with E-state index in [2.05, 4.69) is 0 Å². The van der Waals surface area contributed by atoms with Crippen LogP contribution in [0.15, 0.2) is 18.2 Å². The number of benzene rings is 1. The molecule has 1 saturated carbocycles. The lowest BCUT2D eigenvalue weighted by Crippen LogP contribution is -2.40. The van der Waals surface area contributed by atoms with E-state index >= 15 is 0 Å². The van der Waals surface area contributed by atoms with E-state index in [0.717, 1.165) is 35.4 Å². The van der Waals surface area contributed by atoms with Crippen molar-refractivity contribution >= 4 is 11.6 Å². The Kier molecular flexibility index (Phi) is 4.31. The molecule has 2 unspecified atom stereocenters. The van der Waals surface area contributed by atoms with Crippen LogP contribution in [0.5, 0.6) is 0 Å². The number of halogens is 1. The Morgan fingerprint density at radius 3 is 2.94 bits per heavy atom. The summed E-state index contributed by atoms with van der Waals surface area (Å²) in [5, 5.41) is 11.4. The first-order valence-electron chi connectivity index (χ1n) is 6.53. The van der Waals surface area contributed by atoms with Crippen molar-refractivity contribution in [3.63, 3.8) is 0 Å². The highest BCUT2D eigenvalue weighted by molar-refractivity contribution is 6.31. The molecule has 1 aromatic carbocycles. The van der Waals surface area contributed by atoms with Gasteiger partial charge in [0.05, 0.1) is 11.7 Å². The predicted octanol–water partition coefficient (Wildman–Crippen LogP) is 3.51. The van der Waals surface area contributed by atoms with Gasteiger partial charge in [-0.25, -0.2) is 0 Å². The van der Waals surface area contributed by atoms with E-state index in [1.54, 1.807) is 7.11 Å². The van der Waals surface area contributed by atoms with E-state index < -0.39 is 5.60 Å². The topological polar surface area (TPSA) is 29.5 Å². The summed E-state index contributed by atoms with van der Waals surface area (Å²) in [6.45, 7) is 2.02. The summed E-state index contributed by atoms with van der Waals surface area (Å²) in [7, 11) is 1.72. The van der Waals surface area contributed by atoms with Crippen LogP contribution in [-0.2, 0) is 11.2 Å². The smallest absolute Gasteiger partial charge is 0.0713 e. The second-order valence-corrected chi connectivity index (χ2v) is 5.86. The molecule has 0 spiro atoms. The molecule has 0 heterocycles. The van der Waals surface area contributed by atoms with Crippen molar-refractivity contribution in [2.24, 2.45) is 0 Å². The molecule has 100 valence electrons. The quantitative estimate of drug-likeness (QED) is 0.909. The molecular weight excluding hydrogens is 248 g/mol. The van der Waals surface area contributed by atoms with Gasteiger partial charge >= 0.3 is 0 Å². The predicted molar refractivity (Wildman–Crippen MR) is 74.1 cm³/mol. The number of methoxy groups -OCH3 is 1. The molecule has 1 aromatic rings. The molecule has 18 heavy (non-hydrogen) atoms. The highest BCUT2D eigenvalue weighted by Gasteiger charge is 2.34. The van der Waals surface area contributed by atoms with Gasteiger partial charge in [0.2, 0.25) is 0 Å². The van der Waals surface area contributed by atoms with Crippen molar-refractivity contribution in [1.82, 2.24) is 0 Å². The maximum atomic E-state index is 10.7. The first-order valence-corrected chi connectivity index (χ1v) is 6.90. The summed E-state index contributed by atoms with van der Waals surface area (Å²) in [6, 6.07) is 6.02. The highest BCUT2D eigenvalue weighted by atomic mass is 35.5. The third-order valence-electron chi connectivity index (χ3n) is 3.84. The van der Waals surface area contributed by atoms with Crippen molar-refractivity contribution in [1.29, 1.82) is 0 Å². The number of hydrogen-bond acceptors (Lipinski definition) is 2. The zero-order valence-electron chi connectivity index (χ0n) is 11.1. The molecule has 0 aliphatic heterocycles. The van der Waals surface area contributed by atoms with Gasteiger partial charge < -0.3 is 9.84 Å². The SMILES string of the molecule is COC1CCCC(O)(Cc2ccc(C)cc2Cl)C1. The second-order valence-electron chi connectivity index (χ2n) is 5.45. The minimum Gasteiger partial charge on any atom is -0.389 e. The summed E-state index contributed by atoms with van der Waals surface area (Å²) in [4.78, 5) is 0. The number of rotatable bonds is 3. The Morgan fingerprint density at radius 2 is 2.28 bits per heavy atom. The van der Waals surface area contributed by atoms with Gasteiger partial charge in [0, 0.05) is 25.0 Å². The van der Waals surface area contributed by atoms with E-state index in [4.69, 9.17) is 16.3 Å². The molecule has 0 aromatic heterocycles. The van der Waals surface area contributed by atoms with Crippen LogP contribution in [0.2, 0.25) is 5.02 Å². The Morgan fingerprint density at radius 1 is 1.50 bits per heavy atom. The molecule has 3 heteroatoms. The number of ether oxygens (including phenoxy) is 1. The zero-order chi connectivity index (χ0) is 13.2. The van der Waals surface area contributed by atoms with Gasteiger partial charge in [-0.1, -0.05) is 23.7 Å². The first kappa shape index (κ1) is 13.9. The van der Waals surface area contributed by atoms with Crippen LogP contribution < -0.4 is 0 Å². The Hall–Kier alpha value is -0.570. The molecule has 2 atom stereocenters. The number of aryl methyl sites for hydroxylation is 1. The van der Waals surface area contributed by atoms with E-state index in [9.17, 15) is 5.11 Å². The molecular formula is C15H21ClO2. The van der Waals surface area contributed by atoms with Crippen LogP contribution in [0, 0.1) is 6.92 Å². The van der Waals surface area contributed by atoms with Gasteiger partial charge in [0.25, 0.3) is 0 Å². The summed E-state index contributed by atoms with van der Waals surface area (Å²) in [5.41, 5.74) is 1.51. The summed E-state index contributed by atoms with van der Waals surface area (Å²) in [6.07, 6.45) is 4.38. The normalized spacial score (nSPS) is 28.3. The fourth-order valence-electron chi connectivity index (χ4n) is 2.80. The van der Waals surface area contributed by atoms with Crippen molar-refractivity contribution in [3.8, 4) is 0 Å². The average Bonchev–Trinajstić information content (AvgIpc) is 2.33. The molecule has 0 amide bonds. The van der Waals surface area contributed by atoms with Crippen LogP contribution in [0.3, 0.4) is 0 Å². The van der Waals surface area contributed by atoms with Crippen LogP contribution in [0.1, 0.15) is 36.8 Å². The van der Waals surface area contributed by atoms with E-state index in [1.807, 2.05) is 25.1 Å². The lowest BCUT2D eigenvalue weighted by atomic mass is 9.79. The minimum absolute atomic E-state index is 0.174. The fourth-order valence-corrected chi connectivity index (χ4v) is 3.10. The Labute approximate surface area is 114 Å². The summed E-state index contributed by atoms with van der Waals surface area (Å²) in [5.74, 6) is 0. The molecule has 2 nitrogen and oxygen atoms in total. The second kappa shape index (κ2) is 5.60. The molecule has 1 N–H and O–H groups in total. The molecule has 1 aliphatic carbocycles. The van der Waals surface area contributed by atoms with Gasteiger partial charge in [-0.05, 0) is 43.4 Å². The van der Waals surface area contributed by atoms with Crippen LogP contribution >= 0.6 is 11.6 Å². The Balaban J connectivity index is 2.11. The van der Waals surface area contributed by atoms with Gasteiger partial charge in [0.15, 0.2) is 0 Å². The highest BCUT2D eigenvalue weighted by Crippen LogP contribution is 2.34. The first-order chi connectivity index (χ1) is 8.52. The number of hydrogen-bond donors (Lipinski definition) is 1. The van der Waals surface area contributed by atoms with Gasteiger partial charge in [-0.3, -0.25) is 0 Å². The monoisotopic (exact) mass is 268 g/mol. The molecule has 1 aliphatic rings. The summed E-state index contributed by atoms with van der Waals surface area (Å²) < 4.78 is 5.38. The van der Waals surface area contributed by atoms with E-state index in [-0.39, 0.29) is 6.10 Å². The zero-order valence-corrected chi connectivity index (χ0v) is 11.8.